The molecule has 1 rings (SSSR count). The second-order valence-electron chi connectivity index (χ2n) is 3.76. The molecule has 1 aromatic heterocycles. The molecule has 0 atom stereocenters. The van der Waals surface area contributed by atoms with Crippen molar-refractivity contribution in [2.45, 2.75) is 13.8 Å². The first-order chi connectivity index (χ1) is 6.54. The first kappa shape index (κ1) is 10.9. The normalized spacial score (nSPS) is 10.2. The largest absolute Gasteiger partial charge is 0.397 e. The van der Waals surface area contributed by atoms with Gasteiger partial charge in [0, 0.05) is 13.6 Å². The van der Waals surface area contributed by atoms with E-state index in [4.69, 9.17) is 11.0 Å². The van der Waals surface area contributed by atoms with Crippen molar-refractivity contribution < 1.29 is 0 Å². The van der Waals surface area contributed by atoms with E-state index in [0.717, 1.165) is 11.5 Å². The van der Waals surface area contributed by atoms with Crippen LogP contribution < -0.4 is 10.6 Å². The highest BCUT2D eigenvalue weighted by Crippen LogP contribution is 2.30. The number of hydrogen-bond donors (Lipinski definition) is 1. The Kier molecular flexibility index (Phi) is 3.37. The Bertz CT molecular complexity index is 349. The van der Waals surface area contributed by atoms with Crippen LogP contribution in [0.25, 0.3) is 0 Å². The van der Waals surface area contributed by atoms with E-state index in [1.54, 1.807) is 0 Å². The zero-order valence-corrected chi connectivity index (χ0v) is 9.56. The first-order valence-electron chi connectivity index (χ1n) is 4.55. The predicted octanol–water partition coefficient (Wildman–Crippen LogP) is 2.29. The summed E-state index contributed by atoms with van der Waals surface area (Å²) < 4.78 is 0. The Hall–Kier alpha value is -1.21. The molecule has 0 saturated heterocycles. The number of anilines is 2. The van der Waals surface area contributed by atoms with E-state index in [-0.39, 0.29) is 0 Å². The third-order valence-electron chi connectivity index (χ3n) is 1.86. The lowest BCUT2D eigenvalue weighted by molar-refractivity contribution is 0.641. The van der Waals surface area contributed by atoms with Gasteiger partial charge in [-0.1, -0.05) is 13.8 Å². The quantitative estimate of drug-likeness (QED) is 0.831. The summed E-state index contributed by atoms with van der Waals surface area (Å²) in [4.78, 5) is 2.74. The summed E-state index contributed by atoms with van der Waals surface area (Å²) in [6.07, 6.45) is 0. The zero-order valence-electron chi connectivity index (χ0n) is 8.74. The maximum absolute atomic E-state index is 8.76. The Morgan fingerprint density at radius 2 is 2.29 bits per heavy atom. The molecule has 0 aliphatic rings. The Morgan fingerprint density at radius 3 is 2.71 bits per heavy atom. The zero-order chi connectivity index (χ0) is 10.7. The van der Waals surface area contributed by atoms with Gasteiger partial charge in [0.15, 0.2) is 0 Å². The van der Waals surface area contributed by atoms with E-state index in [1.165, 1.54) is 11.3 Å². The summed E-state index contributed by atoms with van der Waals surface area (Å²) in [6, 6.07) is 3.96. The summed E-state index contributed by atoms with van der Waals surface area (Å²) in [7, 11) is 2.02. The maximum atomic E-state index is 8.76. The minimum absolute atomic E-state index is 0.586. The maximum Gasteiger partial charge on any atom is 0.129 e. The van der Waals surface area contributed by atoms with Crippen molar-refractivity contribution in [1.29, 1.82) is 5.26 Å². The molecule has 0 bridgehead atoms. The van der Waals surface area contributed by atoms with E-state index in [9.17, 15) is 0 Å². The van der Waals surface area contributed by atoms with Crippen molar-refractivity contribution in [1.82, 2.24) is 0 Å². The summed E-state index contributed by atoms with van der Waals surface area (Å²) in [5.74, 6) is 0.605. The lowest BCUT2D eigenvalue weighted by Gasteiger charge is -2.18. The Balaban J connectivity index is 2.81. The first-order valence-corrected chi connectivity index (χ1v) is 5.36. The van der Waals surface area contributed by atoms with Crippen LogP contribution in [0.1, 0.15) is 18.7 Å². The summed E-state index contributed by atoms with van der Waals surface area (Å²) in [6.45, 7) is 5.31. The van der Waals surface area contributed by atoms with Gasteiger partial charge >= 0.3 is 0 Å². The van der Waals surface area contributed by atoms with Crippen LogP contribution in [0.4, 0.5) is 10.7 Å². The molecule has 0 amide bonds. The fourth-order valence-corrected chi connectivity index (χ4v) is 2.15. The summed E-state index contributed by atoms with van der Waals surface area (Å²) >= 11 is 1.45. The molecule has 76 valence electrons. The fourth-order valence-electron chi connectivity index (χ4n) is 1.30. The second-order valence-corrected chi connectivity index (χ2v) is 4.79. The van der Waals surface area contributed by atoms with Crippen LogP contribution in [0.2, 0.25) is 0 Å². The van der Waals surface area contributed by atoms with Gasteiger partial charge in [0.05, 0.1) is 10.7 Å². The number of nitrogens with zero attached hydrogens (tertiary/aromatic N) is 2. The molecule has 0 aromatic carbocycles. The van der Waals surface area contributed by atoms with Crippen LogP contribution in [0.5, 0.6) is 0 Å². The number of nitrogen functional groups attached to an aromatic ring is 1. The Labute approximate surface area is 88.8 Å². The van der Waals surface area contributed by atoms with Crippen LogP contribution in [-0.4, -0.2) is 13.6 Å². The smallest absolute Gasteiger partial charge is 0.129 e. The van der Waals surface area contributed by atoms with Crippen LogP contribution in [-0.2, 0) is 0 Å². The molecule has 0 aliphatic carbocycles. The molecule has 14 heavy (non-hydrogen) atoms. The molecule has 0 radical (unpaired) electrons. The third kappa shape index (κ3) is 2.39. The number of nitriles is 1. The van der Waals surface area contributed by atoms with Crippen LogP contribution in [0, 0.1) is 17.2 Å². The van der Waals surface area contributed by atoms with Crippen molar-refractivity contribution in [3.8, 4) is 6.07 Å². The second kappa shape index (κ2) is 4.34. The number of hydrogen-bond acceptors (Lipinski definition) is 4. The molecule has 2 N–H and O–H groups in total. The van der Waals surface area contributed by atoms with E-state index >= 15 is 0 Å². The van der Waals surface area contributed by atoms with Crippen molar-refractivity contribution in [2.24, 2.45) is 5.92 Å². The monoisotopic (exact) mass is 209 g/mol. The van der Waals surface area contributed by atoms with Gasteiger partial charge in [0.25, 0.3) is 0 Å². The molecule has 4 heteroatoms. The SMILES string of the molecule is CC(C)CN(C)c1cc(N)c(C#N)s1. The third-order valence-corrected chi connectivity index (χ3v) is 3.03. The Morgan fingerprint density at radius 1 is 1.64 bits per heavy atom. The molecule has 3 nitrogen and oxygen atoms in total. The van der Waals surface area contributed by atoms with Gasteiger partial charge in [-0.25, -0.2) is 0 Å². The van der Waals surface area contributed by atoms with Crippen molar-refractivity contribution in [3.63, 3.8) is 0 Å². The van der Waals surface area contributed by atoms with Crippen LogP contribution in [0.3, 0.4) is 0 Å². The van der Waals surface area contributed by atoms with E-state index < -0.39 is 0 Å². The highest BCUT2D eigenvalue weighted by molar-refractivity contribution is 7.17. The van der Waals surface area contributed by atoms with Gasteiger partial charge in [0.1, 0.15) is 10.9 Å². The lowest BCUT2D eigenvalue weighted by Crippen LogP contribution is -2.21. The molecular formula is C10H15N3S. The molecule has 1 aromatic rings. The van der Waals surface area contributed by atoms with Gasteiger partial charge in [-0.05, 0) is 12.0 Å². The number of rotatable bonds is 3. The highest BCUT2D eigenvalue weighted by atomic mass is 32.1. The van der Waals surface area contributed by atoms with E-state index in [1.807, 2.05) is 13.1 Å². The van der Waals surface area contributed by atoms with Gasteiger partial charge in [0.2, 0.25) is 0 Å². The van der Waals surface area contributed by atoms with Gasteiger partial charge in [-0.3, -0.25) is 0 Å². The fraction of sp³-hybridized carbons (Fsp3) is 0.500. The molecular weight excluding hydrogens is 194 g/mol. The van der Waals surface area contributed by atoms with Crippen LogP contribution >= 0.6 is 11.3 Å². The van der Waals surface area contributed by atoms with Gasteiger partial charge in [-0.15, -0.1) is 11.3 Å². The highest BCUT2D eigenvalue weighted by Gasteiger charge is 2.10. The van der Waals surface area contributed by atoms with Gasteiger partial charge < -0.3 is 10.6 Å². The van der Waals surface area contributed by atoms with Crippen molar-refractivity contribution >= 4 is 22.0 Å². The topological polar surface area (TPSA) is 53.0 Å². The molecule has 1 heterocycles. The van der Waals surface area contributed by atoms with Gasteiger partial charge in [-0.2, -0.15) is 5.26 Å². The minimum atomic E-state index is 0.586. The van der Waals surface area contributed by atoms with Crippen molar-refractivity contribution in [2.75, 3.05) is 24.2 Å². The number of nitrogens with two attached hydrogens (primary N) is 1. The number of thiophene rings is 1. The summed E-state index contributed by atoms with van der Waals surface area (Å²) in [5, 5.41) is 9.82. The molecule has 0 unspecified atom stereocenters. The van der Waals surface area contributed by atoms with E-state index in [2.05, 4.69) is 24.8 Å². The lowest BCUT2D eigenvalue weighted by atomic mass is 10.2. The molecule has 0 aliphatic heterocycles. The standard InChI is InChI=1S/C10H15N3S/c1-7(2)6-13(3)10-4-8(12)9(5-11)14-10/h4,7H,6,12H2,1-3H3. The summed E-state index contributed by atoms with van der Waals surface area (Å²) in [5.41, 5.74) is 6.27. The van der Waals surface area contributed by atoms with Crippen molar-refractivity contribution in [3.05, 3.63) is 10.9 Å². The van der Waals surface area contributed by atoms with E-state index in [0.29, 0.717) is 16.5 Å². The molecule has 0 saturated carbocycles. The predicted molar refractivity (Wildman–Crippen MR) is 61.6 cm³/mol. The van der Waals surface area contributed by atoms with Crippen LogP contribution in [0.15, 0.2) is 6.07 Å². The minimum Gasteiger partial charge on any atom is -0.397 e. The average Bonchev–Trinajstić information content (AvgIpc) is 2.45. The average molecular weight is 209 g/mol. The molecule has 0 fully saturated rings. The molecule has 0 spiro atoms.